The van der Waals surface area contributed by atoms with Gasteiger partial charge in [0, 0.05) is 12.2 Å². The van der Waals surface area contributed by atoms with Gasteiger partial charge >= 0.3 is 0 Å². The summed E-state index contributed by atoms with van der Waals surface area (Å²) in [6.45, 7) is 9.73. The molecule has 17 heavy (non-hydrogen) atoms. The smallest absolute Gasteiger partial charge is 0.121 e. The summed E-state index contributed by atoms with van der Waals surface area (Å²) in [6.07, 6.45) is 0. The first-order chi connectivity index (χ1) is 7.92. The third-order valence-electron chi connectivity index (χ3n) is 2.36. The Morgan fingerprint density at radius 3 is 2.47 bits per heavy atom. The van der Waals surface area contributed by atoms with Crippen molar-refractivity contribution in [2.75, 3.05) is 25.6 Å². The van der Waals surface area contributed by atoms with Crippen molar-refractivity contribution >= 4 is 5.69 Å². The average molecular weight is 237 g/mol. The number of methoxy groups -OCH3 is 1. The molecule has 0 aliphatic carbocycles. The van der Waals surface area contributed by atoms with Crippen LogP contribution in [0.2, 0.25) is 0 Å². The number of aryl methyl sites for hydroxylation is 1. The predicted molar refractivity (Wildman–Crippen MR) is 71.9 cm³/mol. The van der Waals surface area contributed by atoms with Crippen LogP contribution in [0.4, 0.5) is 5.69 Å². The van der Waals surface area contributed by atoms with Gasteiger partial charge in [-0.1, -0.05) is 0 Å². The van der Waals surface area contributed by atoms with E-state index in [2.05, 4.69) is 32.2 Å². The van der Waals surface area contributed by atoms with Gasteiger partial charge in [0.2, 0.25) is 0 Å². The number of benzene rings is 1. The van der Waals surface area contributed by atoms with E-state index >= 15 is 0 Å². The molecule has 0 fully saturated rings. The molecule has 0 amide bonds. The van der Waals surface area contributed by atoms with Crippen molar-refractivity contribution < 1.29 is 9.47 Å². The zero-order valence-electron chi connectivity index (χ0n) is 11.5. The van der Waals surface area contributed by atoms with Crippen molar-refractivity contribution in [3.63, 3.8) is 0 Å². The maximum absolute atomic E-state index is 5.64. The first-order valence-electron chi connectivity index (χ1n) is 5.95. The summed E-state index contributed by atoms with van der Waals surface area (Å²) < 4.78 is 10.9. The van der Waals surface area contributed by atoms with E-state index in [-0.39, 0.29) is 5.60 Å². The Morgan fingerprint density at radius 2 is 1.94 bits per heavy atom. The van der Waals surface area contributed by atoms with Crippen LogP contribution in [0.15, 0.2) is 18.2 Å². The minimum absolute atomic E-state index is 0.0719. The summed E-state index contributed by atoms with van der Waals surface area (Å²) in [5.41, 5.74) is 2.16. The van der Waals surface area contributed by atoms with Gasteiger partial charge in [0.1, 0.15) is 5.75 Å². The molecular weight excluding hydrogens is 214 g/mol. The number of anilines is 1. The van der Waals surface area contributed by atoms with E-state index in [1.807, 2.05) is 19.1 Å². The van der Waals surface area contributed by atoms with E-state index in [0.29, 0.717) is 6.61 Å². The van der Waals surface area contributed by atoms with Gasteiger partial charge in [-0.15, -0.1) is 0 Å². The summed E-state index contributed by atoms with van der Waals surface area (Å²) in [5.74, 6) is 0.918. The summed E-state index contributed by atoms with van der Waals surface area (Å²) in [6, 6.07) is 6.07. The fourth-order valence-corrected chi connectivity index (χ4v) is 1.54. The van der Waals surface area contributed by atoms with Crippen molar-refractivity contribution in [3.05, 3.63) is 23.8 Å². The van der Waals surface area contributed by atoms with Gasteiger partial charge in [-0.3, -0.25) is 0 Å². The minimum Gasteiger partial charge on any atom is -0.496 e. The summed E-state index contributed by atoms with van der Waals surface area (Å²) in [4.78, 5) is 0. The van der Waals surface area contributed by atoms with Gasteiger partial charge in [0.05, 0.1) is 19.3 Å². The zero-order valence-corrected chi connectivity index (χ0v) is 11.5. The lowest BCUT2D eigenvalue weighted by molar-refractivity contribution is 0.00333. The normalized spacial score (nSPS) is 11.4. The molecule has 0 aliphatic heterocycles. The molecule has 96 valence electrons. The number of rotatable bonds is 5. The molecule has 0 spiro atoms. The van der Waals surface area contributed by atoms with Gasteiger partial charge in [-0.05, 0) is 51.5 Å². The number of hydrogen-bond donors (Lipinski definition) is 1. The third-order valence-corrected chi connectivity index (χ3v) is 2.36. The van der Waals surface area contributed by atoms with Crippen molar-refractivity contribution in [2.45, 2.75) is 33.3 Å². The van der Waals surface area contributed by atoms with Crippen LogP contribution < -0.4 is 10.1 Å². The molecule has 3 nitrogen and oxygen atoms in total. The summed E-state index contributed by atoms with van der Waals surface area (Å²) in [7, 11) is 1.69. The Labute approximate surface area is 104 Å². The molecule has 0 atom stereocenters. The van der Waals surface area contributed by atoms with Crippen LogP contribution in [0.25, 0.3) is 0 Å². The van der Waals surface area contributed by atoms with Crippen LogP contribution in [-0.2, 0) is 4.74 Å². The van der Waals surface area contributed by atoms with Gasteiger partial charge < -0.3 is 14.8 Å². The molecule has 0 aliphatic rings. The maximum atomic E-state index is 5.64. The van der Waals surface area contributed by atoms with Gasteiger partial charge in [-0.2, -0.15) is 0 Å². The molecule has 1 rings (SSSR count). The minimum atomic E-state index is -0.0719. The Balaban J connectivity index is 2.40. The van der Waals surface area contributed by atoms with Gasteiger partial charge in [0.15, 0.2) is 0 Å². The van der Waals surface area contributed by atoms with Crippen molar-refractivity contribution in [3.8, 4) is 5.75 Å². The van der Waals surface area contributed by atoms with Gasteiger partial charge in [-0.25, -0.2) is 0 Å². The van der Waals surface area contributed by atoms with E-state index in [9.17, 15) is 0 Å². The molecule has 0 radical (unpaired) electrons. The molecule has 0 bridgehead atoms. The molecular formula is C14H23NO2. The number of ether oxygens (including phenoxy) is 2. The molecule has 0 saturated heterocycles. The second-order valence-corrected chi connectivity index (χ2v) is 5.07. The second-order valence-electron chi connectivity index (χ2n) is 5.07. The molecule has 3 heteroatoms. The van der Waals surface area contributed by atoms with Crippen LogP contribution >= 0.6 is 0 Å². The topological polar surface area (TPSA) is 30.5 Å². The third kappa shape index (κ3) is 5.09. The number of hydrogen-bond acceptors (Lipinski definition) is 3. The van der Waals surface area contributed by atoms with Crippen LogP contribution in [0, 0.1) is 6.92 Å². The van der Waals surface area contributed by atoms with Crippen LogP contribution in [-0.4, -0.2) is 25.9 Å². The summed E-state index contributed by atoms with van der Waals surface area (Å²) in [5, 5.41) is 3.33. The Hall–Kier alpha value is -1.22. The van der Waals surface area contributed by atoms with Crippen molar-refractivity contribution in [2.24, 2.45) is 0 Å². The average Bonchev–Trinajstić information content (AvgIpc) is 2.23. The quantitative estimate of drug-likeness (QED) is 0.798. The Bertz CT molecular complexity index is 356. The largest absolute Gasteiger partial charge is 0.496 e. The van der Waals surface area contributed by atoms with Crippen molar-refractivity contribution in [1.29, 1.82) is 0 Å². The lowest BCUT2D eigenvalue weighted by Gasteiger charge is -2.19. The lowest BCUT2D eigenvalue weighted by Crippen LogP contribution is -2.23. The monoisotopic (exact) mass is 237 g/mol. The highest BCUT2D eigenvalue weighted by Crippen LogP contribution is 2.21. The zero-order chi connectivity index (χ0) is 12.9. The first kappa shape index (κ1) is 13.8. The molecule has 0 aromatic heterocycles. The fourth-order valence-electron chi connectivity index (χ4n) is 1.54. The second kappa shape index (κ2) is 5.92. The van der Waals surface area contributed by atoms with Gasteiger partial charge in [0.25, 0.3) is 0 Å². The standard InChI is InChI=1S/C14H23NO2/c1-11-10-12(6-7-13(11)16-5)15-8-9-17-14(2,3)4/h6-7,10,15H,8-9H2,1-5H3. The highest BCUT2D eigenvalue weighted by Gasteiger charge is 2.08. The molecule has 0 saturated carbocycles. The highest BCUT2D eigenvalue weighted by molar-refractivity contribution is 5.50. The highest BCUT2D eigenvalue weighted by atomic mass is 16.5. The van der Waals surface area contributed by atoms with E-state index in [4.69, 9.17) is 9.47 Å². The molecule has 0 heterocycles. The Kier molecular flexibility index (Phi) is 4.82. The van der Waals surface area contributed by atoms with E-state index in [0.717, 1.165) is 23.5 Å². The number of nitrogens with one attached hydrogen (secondary N) is 1. The van der Waals surface area contributed by atoms with E-state index < -0.39 is 0 Å². The molecule has 1 aromatic rings. The van der Waals surface area contributed by atoms with E-state index in [1.54, 1.807) is 7.11 Å². The molecule has 1 N–H and O–H groups in total. The molecule has 1 aromatic carbocycles. The van der Waals surface area contributed by atoms with E-state index in [1.165, 1.54) is 0 Å². The fraction of sp³-hybridized carbons (Fsp3) is 0.571. The summed E-state index contributed by atoms with van der Waals surface area (Å²) >= 11 is 0. The SMILES string of the molecule is COc1ccc(NCCOC(C)(C)C)cc1C. The van der Waals surface area contributed by atoms with Crippen molar-refractivity contribution in [1.82, 2.24) is 0 Å². The first-order valence-corrected chi connectivity index (χ1v) is 5.95. The maximum Gasteiger partial charge on any atom is 0.121 e. The predicted octanol–water partition coefficient (Wildman–Crippen LogP) is 3.23. The van der Waals surface area contributed by atoms with Crippen LogP contribution in [0.1, 0.15) is 26.3 Å². The Morgan fingerprint density at radius 1 is 1.24 bits per heavy atom. The lowest BCUT2D eigenvalue weighted by atomic mass is 10.2. The molecule has 0 unspecified atom stereocenters. The van der Waals surface area contributed by atoms with Crippen LogP contribution in [0.3, 0.4) is 0 Å². The van der Waals surface area contributed by atoms with Crippen LogP contribution in [0.5, 0.6) is 5.75 Å².